The number of piperidine rings is 1. The summed E-state index contributed by atoms with van der Waals surface area (Å²) >= 11 is 1.77. The number of anilines is 1. The predicted octanol–water partition coefficient (Wildman–Crippen LogP) is 3.39. The van der Waals surface area contributed by atoms with Crippen molar-refractivity contribution in [3.63, 3.8) is 0 Å². The first-order valence-electron chi connectivity index (χ1n) is 14.4. The van der Waals surface area contributed by atoms with Gasteiger partial charge in [-0.25, -0.2) is 9.97 Å². The molecule has 0 bridgehead atoms. The fourth-order valence-corrected chi connectivity index (χ4v) is 9.11. The second kappa shape index (κ2) is 8.19. The molecule has 0 radical (unpaired) electrons. The Morgan fingerprint density at radius 1 is 1.10 bits per heavy atom. The van der Waals surface area contributed by atoms with Crippen LogP contribution in [0, 0.1) is 10.8 Å². The average Bonchev–Trinajstić information content (AvgIpc) is 3.35. The highest BCUT2D eigenvalue weighted by atomic mass is 32.2. The summed E-state index contributed by atoms with van der Waals surface area (Å²) in [6, 6.07) is 3.04. The Hall–Kier alpha value is -2.66. The van der Waals surface area contributed by atoms with Crippen molar-refractivity contribution in [3.05, 3.63) is 59.8 Å². The Balaban J connectivity index is 0.945. The van der Waals surface area contributed by atoms with Crippen LogP contribution in [0.25, 0.3) is 5.52 Å². The average molecular weight is 543 g/mol. The van der Waals surface area contributed by atoms with E-state index >= 15 is 0 Å². The minimum Gasteiger partial charge on any atom is -0.369 e. The van der Waals surface area contributed by atoms with Gasteiger partial charge in [0.05, 0.1) is 36.8 Å². The predicted molar refractivity (Wildman–Crippen MR) is 149 cm³/mol. The van der Waals surface area contributed by atoms with E-state index in [1.54, 1.807) is 11.8 Å². The molecule has 2 aliphatic carbocycles. The lowest BCUT2D eigenvalue weighted by Crippen LogP contribution is -2.54. The molecule has 0 aromatic carbocycles. The maximum Gasteiger partial charge on any atom is 0.154 e. The van der Waals surface area contributed by atoms with Gasteiger partial charge in [0.2, 0.25) is 0 Å². The third-order valence-electron chi connectivity index (χ3n) is 10.5. The number of imidazole rings is 1. The molecule has 4 aliphatic heterocycles. The number of nitrogens with zero attached hydrogens (tertiary/aromatic N) is 7. The Bertz CT molecular complexity index is 1510. The Morgan fingerprint density at radius 2 is 2.00 bits per heavy atom. The lowest BCUT2D eigenvalue weighted by atomic mass is 9.73. The summed E-state index contributed by atoms with van der Waals surface area (Å²) in [6.07, 6.45) is 20.8. The summed E-state index contributed by atoms with van der Waals surface area (Å²) in [4.78, 5) is 16.0. The molecule has 9 nitrogen and oxygen atoms in total. The van der Waals surface area contributed by atoms with E-state index in [2.05, 4.69) is 53.3 Å². The van der Waals surface area contributed by atoms with Gasteiger partial charge in [-0.2, -0.15) is 5.10 Å². The molecule has 6 aliphatic rings. The molecule has 0 amide bonds. The number of hydrogen-bond donors (Lipinski definition) is 1. The van der Waals surface area contributed by atoms with Gasteiger partial charge in [0.25, 0.3) is 0 Å². The Morgan fingerprint density at radius 3 is 2.85 bits per heavy atom. The lowest BCUT2D eigenvalue weighted by molar-refractivity contribution is -0.0540. The molecule has 3 aromatic rings. The number of morpholine rings is 1. The van der Waals surface area contributed by atoms with E-state index < -0.39 is 0 Å². The monoisotopic (exact) mass is 542 g/mol. The van der Waals surface area contributed by atoms with Gasteiger partial charge < -0.3 is 15.4 Å². The molecule has 9 rings (SSSR count). The number of hydrogen-bond acceptors (Lipinski definition) is 8. The summed E-state index contributed by atoms with van der Waals surface area (Å²) < 4.78 is 10.8. The van der Waals surface area contributed by atoms with Crippen molar-refractivity contribution in [2.45, 2.75) is 67.9 Å². The van der Waals surface area contributed by atoms with E-state index in [1.165, 1.54) is 36.4 Å². The van der Waals surface area contributed by atoms with Crippen molar-refractivity contribution < 1.29 is 4.74 Å². The number of allylic oxidation sites excluding steroid dienone is 2. The molecule has 3 aromatic heterocycles. The minimum absolute atomic E-state index is 0.0539. The fourth-order valence-electron chi connectivity index (χ4n) is 8.04. The minimum atomic E-state index is 0.0539. The maximum atomic E-state index is 6.72. The molecule has 7 heterocycles. The van der Waals surface area contributed by atoms with Crippen LogP contribution in [0.15, 0.2) is 59.1 Å². The molecule has 4 fully saturated rings. The SMILES string of the molecule is N[C@@H]1c2ccnn2CC12CCN(c1ncc(SC3=CC=CC4C3OC[C@H]3CC5(CC5)CN43)n3cncc13)CC2. The van der Waals surface area contributed by atoms with E-state index in [4.69, 9.17) is 15.5 Å². The highest BCUT2D eigenvalue weighted by Gasteiger charge is 2.56. The van der Waals surface area contributed by atoms with Crippen LogP contribution < -0.4 is 10.6 Å². The van der Waals surface area contributed by atoms with Crippen LogP contribution in [0.1, 0.15) is 43.8 Å². The van der Waals surface area contributed by atoms with Crippen molar-refractivity contribution in [2.24, 2.45) is 16.6 Å². The van der Waals surface area contributed by atoms with Gasteiger partial charge in [-0.15, -0.1) is 0 Å². The van der Waals surface area contributed by atoms with Crippen molar-refractivity contribution in [1.82, 2.24) is 29.0 Å². The summed E-state index contributed by atoms with van der Waals surface area (Å²) in [6.45, 7) is 4.86. The fraction of sp³-hybridized carbons (Fsp3) is 0.552. The topological polar surface area (TPSA) is 89.7 Å². The van der Waals surface area contributed by atoms with Gasteiger partial charge in [0, 0.05) is 48.7 Å². The first-order valence-corrected chi connectivity index (χ1v) is 15.2. The third-order valence-corrected chi connectivity index (χ3v) is 11.6. The zero-order valence-electron chi connectivity index (χ0n) is 22.0. The standard InChI is InChI=1S/C29H34N8OS/c30-26-21-4-9-33-37(21)17-29(26)7-10-34(11-8-29)27-22-13-31-18-36(22)24(14-32-27)39-23-3-1-2-20-25(23)38-15-19-12-28(5-6-28)16-35(19)20/h1-4,9,13-14,18-20,25-26H,5-8,10-12,15-17,30H2/t19-,20?,25?,26-/m1/s1. The zero-order chi connectivity index (χ0) is 25.8. The molecule has 2 unspecified atom stereocenters. The van der Waals surface area contributed by atoms with Gasteiger partial charge in [0.15, 0.2) is 5.82 Å². The molecule has 39 heavy (non-hydrogen) atoms. The van der Waals surface area contributed by atoms with E-state index in [0.29, 0.717) is 17.5 Å². The Labute approximate surface area is 232 Å². The Kier molecular flexibility index (Phi) is 4.85. The van der Waals surface area contributed by atoms with Crippen LogP contribution in [-0.4, -0.2) is 73.5 Å². The number of nitrogens with two attached hydrogens (primary N) is 1. The third kappa shape index (κ3) is 3.41. The molecule has 202 valence electrons. The molecule has 4 atom stereocenters. The summed E-state index contributed by atoms with van der Waals surface area (Å²) in [7, 11) is 0. The van der Waals surface area contributed by atoms with Crippen LogP contribution in [0.3, 0.4) is 0 Å². The molecule has 2 N–H and O–H groups in total. The van der Waals surface area contributed by atoms with Crippen LogP contribution in [0.4, 0.5) is 5.82 Å². The molecule has 3 saturated heterocycles. The largest absolute Gasteiger partial charge is 0.369 e. The number of thioether (sulfide) groups is 1. The van der Waals surface area contributed by atoms with Gasteiger partial charge in [-0.1, -0.05) is 23.9 Å². The first kappa shape index (κ1) is 23.1. The highest BCUT2D eigenvalue weighted by Crippen LogP contribution is 2.57. The molecule has 10 heteroatoms. The van der Waals surface area contributed by atoms with E-state index in [9.17, 15) is 0 Å². The highest BCUT2D eigenvalue weighted by molar-refractivity contribution is 8.03. The quantitative estimate of drug-likeness (QED) is 0.539. The summed E-state index contributed by atoms with van der Waals surface area (Å²) in [5, 5.41) is 5.57. The van der Waals surface area contributed by atoms with E-state index in [0.717, 1.165) is 55.4 Å². The summed E-state index contributed by atoms with van der Waals surface area (Å²) in [5.41, 5.74) is 9.64. The van der Waals surface area contributed by atoms with Gasteiger partial charge >= 0.3 is 0 Å². The van der Waals surface area contributed by atoms with Gasteiger partial charge in [-0.05, 0) is 49.7 Å². The number of ether oxygens (including phenoxy) is 1. The summed E-state index contributed by atoms with van der Waals surface area (Å²) in [5.74, 6) is 1.01. The van der Waals surface area contributed by atoms with Crippen LogP contribution >= 0.6 is 11.8 Å². The second-order valence-electron chi connectivity index (χ2n) is 12.6. The van der Waals surface area contributed by atoms with E-state index in [-0.39, 0.29) is 17.6 Å². The van der Waals surface area contributed by atoms with E-state index in [1.807, 2.05) is 24.9 Å². The molecular weight excluding hydrogens is 508 g/mol. The van der Waals surface area contributed by atoms with Crippen molar-refractivity contribution in [3.8, 4) is 0 Å². The normalized spacial score (nSPS) is 32.0. The van der Waals surface area contributed by atoms with Crippen LogP contribution in [-0.2, 0) is 11.3 Å². The maximum absolute atomic E-state index is 6.72. The zero-order valence-corrected chi connectivity index (χ0v) is 22.8. The van der Waals surface area contributed by atoms with Crippen molar-refractivity contribution in [1.29, 1.82) is 0 Å². The number of aromatic nitrogens is 5. The van der Waals surface area contributed by atoms with Crippen molar-refractivity contribution >= 4 is 23.1 Å². The lowest BCUT2D eigenvalue weighted by Gasteiger charge is -2.43. The second-order valence-corrected chi connectivity index (χ2v) is 13.7. The molecule has 1 saturated carbocycles. The molecule has 2 spiro atoms. The van der Waals surface area contributed by atoms with Crippen LogP contribution in [0.2, 0.25) is 0 Å². The number of fused-ring (bicyclic) bond motifs is 5. The van der Waals surface area contributed by atoms with Crippen LogP contribution in [0.5, 0.6) is 0 Å². The van der Waals surface area contributed by atoms with Gasteiger partial charge in [0.1, 0.15) is 23.0 Å². The number of rotatable bonds is 3. The van der Waals surface area contributed by atoms with Crippen molar-refractivity contribution in [2.75, 3.05) is 31.1 Å². The first-order chi connectivity index (χ1) is 19.1. The smallest absolute Gasteiger partial charge is 0.154 e. The van der Waals surface area contributed by atoms with Gasteiger partial charge in [-0.3, -0.25) is 14.0 Å². The molecular formula is C29H34N8OS.